The van der Waals surface area contributed by atoms with Gasteiger partial charge in [-0.1, -0.05) is 35.6 Å². The molecule has 3 aromatic rings. The molecule has 0 bridgehead atoms. The van der Waals surface area contributed by atoms with Crippen LogP contribution < -0.4 is 15.6 Å². The summed E-state index contributed by atoms with van der Waals surface area (Å²) in [7, 11) is 0. The number of amides is 1. The number of alkyl halides is 3. The number of pyridine rings is 2. The molecule has 0 saturated carbocycles. The number of nitrogens with zero attached hydrogens (tertiary/aromatic N) is 3. The van der Waals surface area contributed by atoms with Crippen molar-refractivity contribution < 1.29 is 22.7 Å². The highest BCUT2D eigenvalue weighted by atomic mass is 32.1. The Bertz CT molecular complexity index is 1340. The molecule has 7 nitrogen and oxygen atoms in total. The van der Waals surface area contributed by atoms with Crippen LogP contribution in [-0.4, -0.2) is 27.0 Å². The van der Waals surface area contributed by atoms with Crippen LogP contribution in [0.3, 0.4) is 0 Å². The van der Waals surface area contributed by atoms with Crippen LogP contribution in [0, 0.1) is 6.92 Å². The Kier molecular flexibility index (Phi) is 7.15. The number of halogens is 3. The molecule has 0 aromatic carbocycles. The molecule has 3 aromatic heterocycles. The second kappa shape index (κ2) is 10.3. The van der Waals surface area contributed by atoms with E-state index in [4.69, 9.17) is 4.74 Å². The molecule has 1 aliphatic rings. The number of rotatable bonds is 7. The van der Waals surface area contributed by atoms with E-state index in [0.717, 1.165) is 42.0 Å². The summed E-state index contributed by atoms with van der Waals surface area (Å²) < 4.78 is 44.9. The van der Waals surface area contributed by atoms with Crippen LogP contribution in [0.2, 0.25) is 0 Å². The van der Waals surface area contributed by atoms with Crippen molar-refractivity contribution in [2.45, 2.75) is 32.5 Å². The van der Waals surface area contributed by atoms with Crippen LogP contribution in [0.4, 0.5) is 13.2 Å². The first-order valence-corrected chi connectivity index (χ1v) is 11.5. The first-order valence-electron chi connectivity index (χ1n) is 10.7. The Labute approximate surface area is 202 Å². The topological polar surface area (TPSA) is 86.1 Å². The van der Waals surface area contributed by atoms with Gasteiger partial charge in [0.2, 0.25) is 0 Å². The van der Waals surface area contributed by atoms with Crippen molar-refractivity contribution in [3.05, 3.63) is 92.6 Å². The zero-order valence-electron chi connectivity index (χ0n) is 18.6. The van der Waals surface area contributed by atoms with Gasteiger partial charge in [-0.2, -0.15) is 13.2 Å². The predicted octanol–water partition coefficient (Wildman–Crippen LogP) is 4.60. The van der Waals surface area contributed by atoms with Gasteiger partial charge in [0.15, 0.2) is 5.13 Å². The van der Waals surface area contributed by atoms with Gasteiger partial charge in [0.25, 0.3) is 11.5 Å². The van der Waals surface area contributed by atoms with Crippen molar-refractivity contribution in [1.82, 2.24) is 19.9 Å². The maximum Gasteiger partial charge on any atom is 0.433 e. The Morgan fingerprint density at radius 2 is 2.11 bits per heavy atom. The first-order chi connectivity index (χ1) is 16.7. The Morgan fingerprint density at radius 3 is 2.77 bits per heavy atom. The standard InChI is InChI=1S/C24H21F3N4O3S/c1-15-21(22(33)29-13-17-7-8-19(28-12-17)24(25,26)27)35-23(30-15)31-10-9-18(11-20(31)32)34-14-16-5-3-2-4-6-16/h2-3,5,7-12H,4,6,13-14H2,1H3,(H,29,33). The number of carbonyl (C=O) groups excluding carboxylic acids is 1. The molecule has 182 valence electrons. The van der Waals surface area contributed by atoms with E-state index in [0.29, 0.717) is 33.6 Å². The van der Waals surface area contributed by atoms with Gasteiger partial charge >= 0.3 is 6.18 Å². The van der Waals surface area contributed by atoms with Gasteiger partial charge in [-0.25, -0.2) is 4.98 Å². The third kappa shape index (κ3) is 6.04. The summed E-state index contributed by atoms with van der Waals surface area (Å²) in [5, 5.41) is 2.96. The molecule has 0 aliphatic heterocycles. The highest BCUT2D eigenvalue weighted by Gasteiger charge is 2.32. The predicted molar refractivity (Wildman–Crippen MR) is 125 cm³/mol. The van der Waals surface area contributed by atoms with E-state index in [9.17, 15) is 22.8 Å². The van der Waals surface area contributed by atoms with Crippen LogP contribution in [0.15, 0.2) is 65.3 Å². The number of thiazole rings is 1. The molecule has 3 heterocycles. The van der Waals surface area contributed by atoms with E-state index in [-0.39, 0.29) is 12.1 Å². The quantitative estimate of drug-likeness (QED) is 0.510. The number of ether oxygens (including phenoxy) is 1. The molecule has 1 amide bonds. The summed E-state index contributed by atoms with van der Waals surface area (Å²) in [6, 6.07) is 5.15. The Morgan fingerprint density at radius 1 is 1.29 bits per heavy atom. The number of nitrogens with one attached hydrogen (secondary N) is 1. The van der Waals surface area contributed by atoms with Crippen molar-refractivity contribution in [1.29, 1.82) is 0 Å². The fraction of sp³-hybridized carbons (Fsp3) is 0.250. The summed E-state index contributed by atoms with van der Waals surface area (Å²) in [4.78, 5) is 33.3. The third-order valence-corrected chi connectivity index (χ3v) is 6.34. The zero-order chi connectivity index (χ0) is 25.0. The molecular weight excluding hydrogens is 481 g/mol. The van der Waals surface area contributed by atoms with Crippen molar-refractivity contribution in [3.63, 3.8) is 0 Å². The van der Waals surface area contributed by atoms with Gasteiger partial charge in [0, 0.05) is 25.0 Å². The van der Waals surface area contributed by atoms with E-state index >= 15 is 0 Å². The van der Waals surface area contributed by atoms with Crippen molar-refractivity contribution in [2.24, 2.45) is 0 Å². The Balaban J connectivity index is 1.41. The lowest BCUT2D eigenvalue weighted by Crippen LogP contribution is -2.22. The van der Waals surface area contributed by atoms with Crippen LogP contribution in [-0.2, 0) is 12.7 Å². The summed E-state index contributed by atoms with van der Waals surface area (Å²) >= 11 is 1.04. The molecular formula is C24H21F3N4O3S. The molecule has 0 saturated heterocycles. The fourth-order valence-corrected chi connectivity index (χ4v) is 4.29. The molecule has 0 unspecified atom stereocenters. The Hall–Kier alpha value is -3.73. The van der Waals surface area contributed by atoms with E-state index in [1.165, 1.54) is 16.7 Å². The SMILES string of the molecule is Cc1nc(-n2ccc(OCC3=CC=CCC3)cc2=O)sc1C(=O)NCc1ccc(C(F)(F)F)nc1. The number of aromatic nitrogens is 3. The number of carbonyl (C=O) groups is 1. The molecule has 35 heavy (non-hydrogen) atoms. The number of hydrogen-bond acceptors (Lipinski definition) is 6. The van der Waals surface area contributed by atoms with E-state index < -0.39 is 17.8 Å². The lowest BCUT2D eigenvalue weighted by Gasteiger charge is -2.11. The van der Waals surface area contributed by atoms with Gasteiger partial charge in [-0.15, -0.1) is 0 Å². The molecule has 0 spiro atoms. The fourth-order valence-electron chi connectivity index (χ4n) is 3.31. The lowest BCUT2D eigenvalue weighted by atomic mass is 10.1. The average molecular weight is 503 g/mol. The normalized spacial score (nSPS) is 13.4. The van der Waals surface area contributed by atoms with Crippen LogP contribution in [0.5, 0.6) is 5.75 Å². The summed E-state index contributed by atoms with van der Waals surface area (Å²) in [5.41, 5.74) is 0.644. The van der Waals surface area contributed by atoms with Gasteiger partial charge in [0.1, 0.15) is 22.9 Å². The van der Waals surface area contributed by atoms with E-state index in [1.54, 1.807) is 19.2 Å². The second-order valence-corrected chi connectivity index (χ2v) is 8.77. The molecule has 11 heteroatoms. The summed E-state index contributed by atoms with van der Waals surface area (Å²) in [6.45, 7) is 2.04. The number of allylic oxidation sites excluding steroid dienone is 3. The number of hydrogen-bond donors (Lipinski definition) is 1. The maximum absolute atomic E-state index is 12.6. The van der Waals surface area contributed by atoms with Crippen LogP contribution in [0.1, 0.15) is 39.5 Å². The van der Waals surface area contributed by atoms with Crippen molar-refractivity contribution in [3.8, 4) is 10.9 Å². The molecule has 0 radical (unpaired) electrons. The highest BCUT2D eigenvalue weighted by Crippen LogP contribution is 2.27. The second-order valence-electron chi connectivity index (χ2n) is 7.79. The first kappa shape index (κ1) is 24.4. The minimum absolute atomic E-state index is 0.00511. The summed E-state index contributed by atoms with van der Waals surface area (Å²) in [5.74, 6) is -0.00736. The largest absolute Gasteiger partial charge is 0.489 e. The molecule has 0 atom stereocenters. The van der Waals surface area contributed by atoms with E-state index in [2.05, 4.69) is 21.4 Å². The van der Waals surface area contributed by atoms with Crippen LogP contribution in [0.25, 0.3) is 5.13 Å². The molecule has 1 aliphatic carbocycles. The monoisotopic (exact) mass is 502 g/mol. The van der Waals surface area contributed by atoms with E-state index in [1.807, 2.05) is 12.2 Å². The molecule has 0 fully saturated rings. The minimum atomic E-state index is -4.52. The van der Waals surface area contributed by atoms with Gasteiger partial charge in [-0.05, 0) is 43.0 Å². The van der Waals surface area contributed by atoms with Gasteiger partial charge in [0.05, 0.1) is 5.69 Å². The smallest absolute Gasteiger partial charge is 0.433 e. The molecule has 1 N–H and O–H groups in total. The van der Waals surface area contributed by atoms with Crippen LogP contribution >= 0.6 is 11.3 Å². The highest BCUT2D eigenvalue weighted by molar-refractivity contribution is 7.16. The number of aryl methyl sites for hydroxylation is 1. The van der Waals surface area contributed by atoms with Crippen molar-refractivity contribution in [2.75, 3.05) is 6.61 Å². The molecule has 4 rings (SSSR count). The maximum atomic E-state index is 12.6. The average Bonchev–Trinajstić information content (AvgIpc) is 3.23. The third-order valence-electron chi connectivity index (χ3n) is 5.18. The minimum Gasteiger partial charge on any atom is -0.489 e. The van der Waals surface area contributed by atoms with Crippen molar-refractivity contribution >= 4 is 17.2 Å². The zero-order valence-corrected chi connectivity index (χ0v) is 19.4. The van der Waals surface area contributed by atoms with Gasteiger partial charge in [-0.3, -0.25) is 19.1 Å². The van der Waals surface area contributed by atoms with Gasteiger partial charge < -0.3 is 10.1 Å². The summed E-state index contributed by atoms with van der Waals surface area (Å²) in [6.07, 6.45) is 6.05. The lowest BCUT2D eigenvalue weighted by molar-refractivity contribution is -0.141.